The predicted octanol–water partition coefficient (Wildman–Crippen LogP) is -0.712. The Labute approximate surface area is 90.5 Å². The second-order valence-electron chi connectivity index (χ2n) is 4.29. The minimum atomic E-state index is -3.02. The molecule has 3 unspecified atom stereocenters. The van der Waals surface area contributed by atoms with Crippen LogP contribution in [0.2, 0.25) is 0 Å². The van der Waals surface area contributed by atoms with E-state index in [4.69, 9.17) is 10.5 Å². The summed E-state index contributed by atoms with van der Waals surface area (Å²) in [5.41, 5.74) is 4.77. The normalized spacial score (nSPS) is 33.9. The van der Waals surface area contributed by atoms with E-state index in [0.717, 1.165) is 0 Å². The Bertz CT molecular complexity index is 314. The Morgan fingerprint density at radius 3 is 2.47 bits per heavy atom. The van der Waals surface area contributed by atoms with Crippen molar-refractivity contribution in [1.82, 2.24) is 0 Å². The average molecular weight is 237 g/mol. The third-order valence-corrected chi connectivity index (χ3v) is 4.63. The van der Waals surface area contributed by atoms with Gasteiger partial charge in [-0.05, 0) is 20.3 Å². The van der Waals surface area contributed by atoms with Crippen molar-refractivity contribution in [3.63, 3.8) is 0 Å². The lowest BCUT2D eigenvalue weighted by atomic mass is 10.0. The Balaban J connectivity index is 2.72. The lowest BCUT2D eigenvalue weighted by molar-refractivity contribution is -0.106. The number of ether oxygens (including phenoxy) is 1. The Hall–Kier alpha value is -0.170. The zero-order valence-corrected chi connectivity index (χ0v) is 9.96. The summed E-state index contributed by atoms with van der Waals surface area (Å²) in [7, 11) is -3.02. The van der Waals surface area contributed by atoms with Crippen molar-refractivity contribution < 1.29 is 18.3 Å². The van der Waals surface area contributed by atoms with Gasteiger partial charge in [0, 0.05) is 6.54 Å². The van der Waals surface area contributed by atoms with Gasteiger partial charge in [-0.1, -0.05) is 0 Å². The van der Waals surface area contributed by atoms with E-state index in [1.54, 1.807) is 13.8 Å². The van der Waals surface area contributed by atoms with Crippen LogP contribution in [-0.2, 0) is 14.6 Å². The van der Waals surface area contributed by atoms with Gasteiger partial charge in [-0.15, -0.1) is 0 Å². The topological polar surface area (TPSA) is 89.6 Å². The highest BCUT2D eigenvalue weighted by Crippen LogP contribution is 2.28. The molecule has 0 aromatic heterocycles. The molecule has 0 radical (unpaired) electrons. The first kappa shape index (κ1) is 12.9. The van der Waals surface area contributed by atoms with Crippen molar-refractivity contribution in [1.29, 1.82) is 0 Å². The molecular weight excluding hydrogens is 218 g/mol. The van der Waals surface area contributed by atoms with Crippen molar-refractivity contribution in [3.05, 3.63) is 0 Å². The van der Waals surface area contributed by atoms with Gasteiger partial charge in [0.05, 0.1) is 29.3 Å². The predicted molar refractivity (Wildman–Crippen MR) is 57.3 cm³/mol. The largest absolute Gasteiger partial charge is 0.391 e. The molecule has 0 amide bonds. The van der Waals surface area contributed by atoms with Crippen molar-refractivity contribution in [2.75, 3.05) is 18.1 Å². The Morgan fingerprint density at radius 1 is 1.53 bits per heavy atom. The van der Waals surface area contributed by atoms with Gasteiger partial charge >= 0.3 is 0 Å². The van der Waals surface area contributed by atoms with Gasteiger partial charge < -0.3 is 15.6 Å². The minimum absolute atomic E-state index is 0.0342. The molecule has 1 aliphatic rings. The average Bonchev–Trinajstić information content (AvgIpc) is 2.42. The highest BCUT2D eigenvalue weighted by Gasteiger charge is 2.43. The quantitative estimate of drug-likeness (QED) is 0.674. The van der Waals surface area contributed by atoms with Crippen molar-refractivity contribution in [3.8, 4) is 0 Å². The molecule has 3 atom stereocenters. The van der Waals surface area contributed by atoms with Gasteiger partial charge in [0.2, 0.25) is 0 Å². The van der Waals surface area contributed by atoms with Crippen molar-refractivity contribution in [2.45, 2.75) is 38.1 Å². The van der Waals surface area contributed by atoms with Crippen LogP contribution in [0.3, 0.4) is 0 Å². The summed E-state index contributed by atoms with van der Waals surface area (Å²) in [5.74, 6) is 0.0876. The third kappa shape index (κ3) is 3.14. The Morgan fingerprint density at radius 2 is 2.13 bits per heavy atom. The first-order valence-corrected chi connectivity index (χ1v) is 6.89. The van der Waals surface area contributed by atoms with E-state index in [1.165, 1.54) is 0 Å². The van der Waals surface area contributed by atoms with E-state index in [0.29, 0.717) is 6.42 Å². The second kappa shape index (κ2) is 4.37. The van der Waals surface area contributed by atoms with Gasteiger partial charge in [-0.3, -0.25) is 0 Å². The maximum atomic E-state index is 11.4. The zero-order chi connectivity index (χ0) is 11.7. The minimum Gasteiger partial charge on any atom is -0.391 e. The molecule has 1 aliphatic heterocycles. The van der Waals surface area contributed by atoms with E-state index in [2.05, 4.69) is 0 Å². The summed E-state index contributed by atoms with van der Waals surface area (Å²) >= 11 is 0. The lowest BCUT2D eigenvalue weighted by Crippen LogP contribution is -2.46. The van der Waals surface area contributed by atoms with Gasteiger partial charge in [0.1, 0.15) is 0 Å². The molecule has 5 nitrogen and oxygen atoms in total. The summed E-state index contributed by atoms with van der Waals surface area (Å²) in [6.45, 7) is 3.49. The number of nitrogens with two attached hydrogens (primary N) is 1. The molecule has 90 valence electrons. The van der Waals surface area contributed by atoms with Crippen LogP contribution in [0, 0.1) is 0 Å². The number of sulfone groups is 1. The number of hydrogen-bond donors (Lipinski definition) is 2. The molecule has 1 heterocycles. The number of aliphatic hydroxyl groups excluding tert-OH is 1. The van der Waals surface area contributed by atoms with E-state index in [1.807, 2.05) is 0 Å². The van der Waals surface area contributed by atoms with Crippen molar-refractivity contribution in [2.24, 2.45) is 5.73 Å². The van der Waals surface area contributed by atoms with Crippen LogP contribution in [-0.4, -0.2) is 49.4 Å². The van der Waals surface area contributed by atoms with Crippen LogP contribution in [0.15, 0.2) is 0 Å². The van der Waals surface area contributed by atoms with E-state index in [-0.39, 0.29) is 18.1 Å². The number of rotatable bonds is 4. The van der Waals surface area contributed by atoms with Gasteiger partial charge in [0.25, 0.3) is 0 Å². The number of hydrogen-bond acceptors (Lipinski definition) is 5. The zero-order valence-electron chi connectivity index (χ0n) is 9.14. The fraction of sp³-hybridized carbons (Fsp3) is 1.00. The van der Waals surface area contributed by atoms with Crippen LogP contribution in [0.5, 0.6) is 0 Å². The molecule has 1 rings (SSSR count). The van der Waals surface area contributed by atoms with Gasteiger partial charge in [0.15, 0.2) is 9.84 Å². The summed E-state index contributed by atoms with van der Waals surface area (Å²) in [6, 6.07) is 0. The molecule has 1 saturated heterocycles. The first-order chi connectivity index (χ1) is 6.80. The molecule has 0 spiro atoms. The molecule has 0 aromatic carbocycles. The SMILES string of the molecule is CC(O)C(C)OC1(CN)CCS(=O)(=O)C1. The van der Waals surface area contributed by atoms with Gasteiger partial charge in [-0.2, -0.15) is 0 Å². The number of aliphatic hydroxyl groups is 1. The molecule has 0 aliphatic carbocycles. The molecule has 3 N–H and O–H groups in total. The van der Waals surface area contributed by atoms with Crippen molar-refractivity contribution >= 4 is 9.84 Å². The van der Waals surface area contributed by atoms with Crippen LogP contribution in [0.1, 0.15) is 20.3 Å². The molecule has 6 heteroatoms. The van der Waals surface area contributed by atoms with E-state index >= 15 is 0 Å². The fourth-order valence-corrected chi connectivity index (χ4v) is 3.64. The fourth-order valence-electron chi connectivity index (χ4n) is 1.68. The summed E-state index contributed by atoms with van der Waals surface area (Å²) in [4.78, 5) is 0. The van der Waals surface area contributed by atoms with Crippen LogP contribution in [0.4, 0.5) is 0 Å². The maximum absolute atomic E-state index is 11.4. The van der Waals surface area contributed by atoms with Gasteiger partial charge in [-0.25, -0.2) is 8.42 Å². The first-order valence-electron chi connectivity index (χ1n) is 5.07. The van der Waals surface area contributed by atoms with E-state index < -0.39 is 27.6 Å². The third-order valence-electron chi connectivity index (χ3n) is 2.84. The molecule has 0 bridgehead atoms. The Kier molecular flexibility index (Phi) is 3.76. The maximum Gasteiger partial charge on any atom is 0.153 e. The summed E-state index contributed by atoms with van der Waals surface area (Å²) in [5, 5.41) is 9.31. The van der Waals surface area contributed by atoms with Crippen LogP contribution < -0.4 is 5.73 Å². The molecular formula is C9H19NO4S. The molecule has 0 aromatic rings. The standard InChI is InChI=1S/C9H19NO4S/c1-7(11)8(2)14-9(5-10)3-4-15(12,13)6-9/h7-8,11H,3-6,10H2,1-2H3. The molecule has 1 fully saturated rings. The second-order valence-corrected chi connectivity index (χ2v) is 6.48. The lowest BCUT2D eigenvalue weighted by Gasteiger charge is -2.31. The summed E-state index contributed by atoms with van der Waals surface area (Å²) < 4.78 is 28.3. The highest BCUT2D eigenvalue weighted by atomic mass is 32.2. The molecule has 15 heavy (non-hydrogen) atoms. The van der Waals surface area contributed by atoms with Crippen LogP contribution in [0.25, 0.3) is 0 Å². The monoisotopic (exact) mass is 237 g/mol. The summed E-state index contributed by atoms with van der Waals surface area (Å²) in [6.07, 6.45) is -0.610. The highest BCUT2D eigenvalue weighted by molar-refractivity contribution is 7.91. The van der Waals surface area contributed by atoms with Crippen LogP contribution >= 0.6 is 0 Å². The van der Waals surface area contributed by atoms with E-state index in [9.17, 15) is 13.5 Å². The smallest absolute Gasteiger partial charge is 0.153 e. The molecule has 0 saturated carbocycles.